The summed E-state index contributed by atoms with van der Waals surface area (Å²) in [7, 11) is 0. The van der Waals surface area contributed by atoms with Gasteiger partial charge in [0.05, 0.1) is 17.1 Å². The van der Waals surface area contributed by atoms with Crippen LogP contribution in [0.1, 0.15) is 44.7 Å². The highest BCUT2D eigenvalue weighted by atomic mass is 16.7. The van der Waals surface area contributed by atoms with Crippen molar-refractivity contribution >= 4 is 17.3 Å². The molecule has 0 saturated heterocycles. The first-order valence-electron chi connectivity index (χ1n) is 10.1. The Morgan fingerprint density at radius 2 is 1.90 bits per heavy atom. The number of hydrogen-bond acceptors (Lipinski definition) is 5. The molecule has 1 fully saturated rings. The molecule has 2 heterocycles. The smallest absolute Gasteiger partial charge is 0.235 e. The first-order valence-corrected chi connectivity index (χ1v) is 10.1. The zero-order valence-corrected chi connectivity index (χ0v) is 17.0. The Bertz CT molecular complexity index is 991. The Balaban J connectivity index is 1.36. The second-order valence-electron chi connectivity index (χ2n) is 9.38. The molecule has 6 nitrogen and oxygen atoms in total. The molecule has 2 aliphatic heterocycles. The first kappa shape index (κ1) is 18.3. The van der Waals surface area contributed by atoms with Crippen molar-refractivity contribution in [2.24, 2.45) is 5.41 Å². The third kappa shape index (κ3) is 2.94. The molecule has 6 heteroatoms. The van der Waals surface area contributed by atoms with Crippen molar-refractivity contribution in [1.29, 1.82) is 0 Å². The number of carbonyl (C=O) groups is 1. The van der Waals surface area contributed by atoms with Gasteiger partial charge in [0.2, 0.25) is 12.7 Å². The number of anilines is 2. The van der Waals surface area contributed by atoms with Gasteiger partial charge in [-0.3, -0.25) is 15.1 Å². The van der Waals surface area contributed by atoms with E-state index in [2.05, 4.69) is 26.1 Å². The standard InChI is InChI=1S/C23H26N2O4/c1-22(2,3)20-11-14-10-16(5-6-17(14)25(20)27)24-21(26)23(8-9-23)15-4-7-18-19(12-15)29-13-28-18/h4-7,10,12,20,27H,8-9,11,13H2,1-3H3,(H,24,26). The van der Waals surface area contributed by atoms with E-state index in [1.165, 1.54) is 5.06 Å². The maximum absolute atomic E-state index is 13.1. The number of benzene rings is 2. The minimum atomic E-state index is -0.503. The molecule has 1 atom stereocenters. The van der Waals surface area contributed by atoms with Crippen LogP contribution in [0.3, 0.4) is 0 Å². The number of carbonyl (C=O) groups excluding carboxylic acids is 1. The molecule has 3 aliphatic rings. The van der Waals surface area contributed by atoms with Crippen LogP contribution in [-0.4, -0.2) is 23.9 Å². The fraction of sp³-hybridized carbons (Fsp3) is 0.435. The van der Waals surface area contributed by atoms with E-state index in [0.717, 1.165) is 47.5 Å². The van der Waals surface area contributed by atoms with Gasteiger partial charge in [0.25, 0.3) is 0 Å². The van der Waals surface area contributed by atoms with Crippen LogP contribution in [0.2, 0.25) is 0 Å². The maximum Gasteiger partial charge on any atom is 0.235 e. The van der Waals surface area contributed by atoms with E-state index >= 15 is 0 Å². The second-order valence-corrected chi connectivity index (χ2v) is 9.38. The van der Waals surface area contributed by atoms with Crippen molar-refractivity contribution in [2.75, 3.05) is 17.2 Å². The summed E-state index contributed by atoms with van der Waals surface area (Å²) in [6.07, 6.45) is 2.40. The maximum atomic E-state index is 13.1. The van der Waals surface area contributed by atoms with Crippen LogP contribution in [0.15, 0.2) is 36.4 Å². The lowest BCUT2D eigenvalue weighted by atomic mass is 9.85. The van der Waals surface area contributed by atoms with Crippen molar-refractivity contribution in [3.8, 4) is 11.5 Å². The summed E-state index contributed by atoms with van der Waals surface area (Å²) >= 11 is 0. The molecule has 0 aromatic heterocycles. The normalized spacial score (nSPS) is 21.1. The van der Waals surface area contributed by atoms with Crippen LogP contribution in [0.5, 0.6) is 11.5 Å². The van der Waals surface area contributed by atoms with Crippen molar-refractivity contribution in [1.82, 2.24) is 0 Å². The van der Waals surface area contributed by atoms with Crippen molar-refractivity contribution in [3.63, 3.8) is 0 Å². The summed E-state index contributed by atoms with van der Waals surface area (Å²) in [6, 6.07) is 11.5. The lowest BCUT2D eigenvalue weighted by molar-refractivity contribution is -0.118. The van der Waals surface area contributed by atoms with Gasteiger partial charge in [0.15, 0.2) is 11.5 Å². The van der Waals surface area contributed by atoms with Gasteiger partial charge in [-0.2, -0.15) is 0 Å². The number of amides is 1. The molecule has 2 aromatic carbocycles. The van der Waals surface area contributed by atoms with E-state index in [0.29, 0.717) is 5.75 Å². The number of nitrogens with zero attached hydrogens (tertiary/aromatic N) is 1. The molecular weight excluding hydrogens is 368 g/mol. The van der Waals surface area contributed by atoms with Crippen LogP contribution in [0.4, 0.5) is 11.4 Å². The topological polar surface area (TPSA) is 71.0 Å². The largest absolute Gasteiger partial charge is 0.454 e. The molecule has 0 radical (unpaired) electrons. The molecule has 29 heavy (non-hydrogen) atoms. The fourth-order valence-corrected chi connectivity index (χ4v) is 4.40. The molecule has 1 aliphatic carbocycles. The summed E-state index contributed by atoms with van der Waals surface area (Å²) in [6.45, 7) is 6.59. The summed E-state index contributed by atoms with van der Waals surface area (Å²) in [4.78, 5) is 13.1. The number of rotatable bonds is 3. The Labute approximate surface area is 170 Å². The van der Waals surface area contributed by atoms with E-state index in [1.54, 1.807) is 0 Å². The Kier molecular flexibility index (Phi) is 3.87. The Morgan fingerprint density at radius 3 is 2.62 bits per heavy atom. The Hall–Kier alpha value is -2.73. The molecule has 2 aromatic rings. The number of fused-ring (bicyclic) bond motifs is 2. The van der Waals surface area contributed by atoms with E-state index in [1.807, 2.05) is 36.4 Å². The second kappa shape index (κ2) is 6.13. The summed E-state index contributed by atoms with van der Waals surface area (Å²) in [5.74, 6) is 1.43. The lowest BCUT2D eigenvalue weighted by Gasteiger charge is -2.32. The van der Waals surface area contributed by atoms with Crippen LogP contribution < -0.4 is 19.9 Å². The number of ether oxygens (including phenoxy) is 2. The van der Waals surface area contributed by atoms with E-state index < -0.39 is 5.41 Å². The highest BCUT2D eigenvalue weighted by Crippen LogP contribution is 2.51. The molecule has 2 N–H and O–H groups in total. The van der Waals surface area contributed by atoms with Gasteiger partial charge in [0, 0.05) is 5.69 Å². The molecule has 1 unspecified atom stereocenters. The van der Waals surface area contributed by atoms with Gasteiger partial charge in [-0.05, 0) is 66.1 Å². The van der Waals surface area contributed by atoms with E-state index in [9.17, 15) is 10.0 Å². The van der Waals surface area contributed by atoms with Crippen LogP contribution >= 0.6 is 0 Å². The van der Waals surface area contributed by atoms with Crippen molar-refractivity contribution < 1.29 is 19.5 Å². The summed E-state index contributed by atoms with van der Waals surface area (Å²) in [5.41, 5.74) is 3.06. The molecular formula is C23H26N2O4. The first-order chi connectivity index (χ1) is 13.8. The van der Waals surface area contributed by atoms with E-state index in [4.69, 9.17) is 9.47 Å². The Morgan fingerprint density at radius 1 is 1.14 bits per heavy atom. The molecule has 5 rings (SSSR count). The number of hydroxylamine groups is 1. The third-order valence-electron chi connectivity index (χ3n) is 6.40. The zero-order valence-electron chi connectivity index (χ0n) is 17.0. The minimum Gasteiger partial charge on any atom is -0.454 e. The molecule has 0 bridgehead atoms. The van der Waals surface area contributed by atoms with Gasteiger partial charge in [-0.25, -0.2) is 0 Å². The highest BCUT2D eigenvalue weighted by Gasteiger charge is 2.51. The minimum absolute atomic E-state index is 0.00235. The third-order valence-corrected chi connectivity index (χ3v) is 6.40. The summed E-state index contributed by atoms with van der Waals surface area (Å²) in [5, 5.41) is 15.0. The molecule has 0 spiro atoms. The number of nitrogens with one attached hydrogen (secondary N) is 1. The SMILES string of the molecule is CC(C)(C)C1Cc2cc(NC(=O)C3(c4ccc5c(c4)OCO5)CC3)ccc2N1O. The monoisotopic (exact) mass is 394 g/mol. The quantitative estimate of drug-likeness (QED) is 0.814. The molecule has 1 saturated carbocycles. The van der Waals surface area contributed by atoms with Gasteiger partial charge < -0.3 is 14.8 Å². The summed E-state index contributed by atoms with van der Waals surface area (Å²) < 4.78 is 10.9. The predicted molar refractivity (Wildman–Crippen MR) is 110 cm³/mol. The van der Waals surface area contributed by atoms with Gasteiger partial charge in [0.1, 0.15) is 0 Å². The van der Waals surface area contributed by atoms with Crippen LogP contribution in [0.25, 0.3) is 0 Å². The zero-order chi connectivity index (χ0) is 20.4. The van der Waals surface area contributed by atoms with Crippen molar-refractivity contribution in [3.05, 3.63) is 47.5 Å². The molecule has 152 valence electrons. The van der Waals surface area contributed by atoms with E-state index in [-0.39, 0.29) is 24.2 Å². The predicted octanol–water partition coefficient (Wildman–Crippen LogP) is 4.25. The van der Waals surface area contributed by atoms with Gasteiger partial charge in [-0.1, -0.05) is 26.8 Å². The van der Waals surface area contributed by atoms with Gasteiger partial charge >= 0.3 is 0 Å². The highest BCUT2D eigenvalue weighted by molar-refractivity contribution is 6.01. The van der Waals surface area contributed by atoms with Gasteiger partial charge in [-0.15, -0.1) is 0 Å². The lowest BCUT2D eigenvalue weighted by Crippen LogP contribution is -2.39. The van der Waals surface area contributed by atoms with Crippen molar-refractivity contribution in [2.45, 2.75) is 51.5 Å². The number of hydrogen-bond donors (Lipinski definition) is 2. The van der Waals surface area contributed by atoms with Crippen LogP contribution in [-0.2, 0) is 16.6 Å². The average molecular weight is 394 g/mol. The fourth-order valence-electron chi connectivity index (χ4n) is 4.40. The van der Waals surface area contributed by atoms with Crippen LogP contribution in [0, 0.1) is 5.41 Å². The molecule has 1 amide bonds. The average Bonchev–Trinajstić information content (AvgIpc) is 3.23.